The van der Waals surface area contributed by atoms with Gasteiger partial charge in [0.1, 0.15) is 5.82 Å². The Bertz CT molecular complexity index is 624. The quantitative estimate of drug-likeness (QED) is 0.747. The molecule has 0 saturated heterocycles. The number of hydrogen-bond acceptors (Lipinski definition) is 4. The summed E-state index contributed by atoms with van der Waals surface area (Å²) >= 11 is 0. The second-order valence-electron chi connectivity index (χ2n) is 6.71. The summed E-state index contributed by atoms with van der Waals surface area (Å²) in [6.45, 7) is 10.9. The van der Waals surface area contributed by atoms with Crippen molar-refractivity contribution in [2.45, 2.75) is 71.6 Å². The van der Waals surface area contributed by atoms with E-state index in [4.69, 9.17) is 4.98 Å². The summed E-state index contributed by atoms with van der Waals surface area (Å²) in [6.07, 6.45) is 6.89. The summed E-state index contributed by atoms with van der Waals surface area (Å²) < 4.78 is 0. The molecule has 0 bridgehead atoms. The molecule has 0 saturated carbocycles. The molecule has 0 amide bonds. The van der Waals surface area contributed by atoms with Crippen LogP contribution in [0.2, 0.25) is 0 Å². The highest BCUT2D eigenvalue weighted by Gasteiger charge is 2.14. The van der Waals surface area contributed by atoms with Gasteiger partial charge in [-0.15, -0.1) is 0 Å². The molecule has 2 aromatic heterocycles. The first-order valence-electron chi connectivity index (χ1n) is 8.65. The molecule has 0 aliphatic carbocycles. The first-order valence-corrected chi connectivity index (χ1v) is 8.65. The minimum Gasteiger partial charge on any atom is -0.241 e. The highest BCUT2D eigenvalue weighted by Crippen LogP contribution is 2.26. The van der Waals surface area contributed by atoms with Crippen molar-refractivity contribution in [3.8, 4) is 0 Å². The third-order valence-electron chi connectivity index (χ3n) is 4.42. The number of aryl methyl sites for hydroxylation is 1. The molecule has 0 spiro atoms. The van der Waals surface area contributed by atoms with Gasteiger partial charge in [-0.3, -0.25) is 0 Å². The largest absolute Gasteiger partial charge is 0.241 e. The van der Waals surface area contributed by atoms with Crippen LogP contribution in [-0.4, -0.2) is 20.2 Å². The molecule has 0 aromatic carbocycles. The van der Waals surface area contributed by atoms with Gasteiger partial charge in [0.05, 0.1) is 11.9 Å². The van der Waals surface area contributed by atoms with Gasteiger partial charge in [0.25, 0.3) is 0 Å². The average Bonchev–Trinajstić information content (AvgIpc) is 2.59. The van der Waals surface area contributed by atoms with Crippen LogP contribution in [0.1, 0.15) is 88.0 Å². The van der Waals surface area contributed by atoms with E-state index in [1.807, 2.05) is 18.5 Å². The van der Waals surface area contributed by atoms with E-state index in [1.54, 1.807) is 0 Å². The molecule has 0 N–H and O–H groups in total. The number of aromatic nitrogens is 4. The highest BCUT2D eigenvalue weighted by molar-refractivity contribution is 5.17. The fraction of sp³-hybridized carbons (Fsp3) is 0.579. The van der Waals surface area contributed by atoms with Gasteiger partial charge in [-0.05, 0) is 48.8 Å². The molecule has 2 rings (SSSR count). The van der Waals surface area contributed by atoms with E-state index < -0.39 is 0 Å². The van der Waals surface area contributed by atoms with Gasteiger partial charge >= 0.3 is 0 Å². The second-order valence-corrected chi connectivity index (χ2v) is 6.71. The standard InChI is InChI=1S/C19H28N4/c1-6-17-11-16(12-21-23-17)14(4)7-8-15(5)19-20-10-9-18(22-19)13(2)3/h9-15H,6-8H2,1-5H3. The van der Waals surface area contributed by atoms with Gasteiger partial charge in [0, 0.05) is 17.8 Å². The van der Waals surface area contributed by atoms with Gasteiger partial charge in [0.15, 0.2) is 0 Å². The minimum atomic E-state index is 0.372. The predicted octanol–water partition coefficient (Wildman–Crippen LogP) is 4.64. The van der Waals surface area contributed by atoms with Crippen LogP contribution in [0.3, 0.4) is 0 Å². The number of rotatable bonds is 7. The SMILES string of the molecule is CCc1cc(C(C)CCC(C)c2nccc(C(C)C)n2)cnn1. The zero-order chi connectivity index (χ0) is 16.8. The first-order chi connectivity index (χ1) is 11.0. The number of hydrogen-bond donors (Lipinski definition) is 0. The van der Waals surface area contributed by atoms with Crippen molar-refractivity contribution in [2.24, 2.45) is 0 Å². The van der Waals surface area contributed by atoms with E-state index in [9.17, 15) is 0 Å². The van der Waals surface area contributed by atoms with Crippen molar-refractivity contribution in [2.75, 3.05) is 0 Å². The molecule has 0 aliphatic rings. The Morgan fingerprint density at radius 3 is 2.48 bits per heavy atom. The maximum absolute atomic E-state index is 4.72. The Balaban J connectivity index is 1.98. The Morgan fingerprint density at radius 1 is 1.04 bits per heavy atom. The molecule has 0 fully saturated rings. The van der Waals surface area contributed by atoms with Crippen LogP contribution >= 0.6 is 0 Å². The van der Waals surface area contributed by atoms with E-state index >= 15 is 0 Å². The van der Waals surface area contributed by atoms with Crippen LogP contribution in [-0.2, 0) is 6.42 Å². The molecular formula is C19H28N4. The molecular weight excluding hydrogens is 284 g/mol. The van der Waals surface area contributed by atoms with Crippen molar-refractivity contribution >= 4 is 0 Å². The highest BCUT2D eigenvalue weighted by atomic mass is 15.1. The monoisotopic (exact) mass is 312 g/mol. The van der Waals surface area contributed by atoms with Crippen molar-refractivity contribution in [1.82, 2.24) is 20.2 Å². The van der Waals surface area contributed by atoms with Crippen LogP contribution in [0.15, 0.2) is 24.5 Å². The van der Waals surface area contributed by atoms with Gasteiger partial charge in [0.2, 0.25) is 0 Å². The zero-order valence-corrected chi connectivity index (χ0v) is 15.0. The Kier molecular flexibility index (Phi) is 6.20. The molecule has 23 heavy (non-hydrogen) atoms. The predicted molar refractivity (Wildman–Crippen MR) is 93.6 cm³/mol. The summed E-state index contributed by atoms with van der Waals surface area (Å²) in [5, 5.41) is 8.26. The molecule has 2 aromatic rings. The number of nitrogens with zero attached hydrogens (tertiary/aromatic N) is 4. The van der Waals surface area contributed by atoms with Crippen molar-refractivity contribution in [3.05, 3.63) is 47.3 Å². The van der Waals surface area contributed by atoms with Gasteiger partial charge < -0.3 is 0 Å². The topological polar surface area (TPSA) is 51.6 Å². The molecule has 2 unspecified atom stereocenters. The lowest BCUT2D eigenvalue weighted by Crippen LogP contribution is -2.06. The second kappa shape index (κ2) is 8.14. The Morgan fingerprint density at radius 2 is 1.78 bits per heavy atom. The maximum atomic E-state index is 4.72. The Hall–Kier alpha value is -1.84. The lowest BCUT2D eigenvalue weighted by atomic mass is 9.92. The summed E-state index contributed by atoms with van der Waals surface area (Å²) in [5.41, 5.74) is 3.47. The van der Waals surface area contributed by atoms with Crippen molar-refractivity contribution < 1.29 is 0 Å². The van der Waals surface area contributed by atoms with Crippen LogP contribution in [0.4, 0.5) is 0 Å². The minimum absolute atomic E-state index is 0.372. The first kappa shape index (κ1) is 17.5. The third-order valence-corrected chi connectivity index (χ3v) is 4.42. The van der Waals surface area contributed by atoms with Gasteiger partial charge in [-0.2, -0.15) is 10.2 Å². The van der Waals surface area contributed by atoms with Crippen LogP contribution in [0.25, 0.3) is 0 Å². The molecule has 2 atom stereocenters. The normalized spacial score (nSPS) is 14.0. The van der Waals surface area contributed by atoms with E-state index in [-0.39, 0.29) is 0 Å². The fourth-order valence-corrected chi connectivity index (χ4v) is 2.61. The lowest BCUT2D eigenvalue weighted by Gasteiger charge is -2.16. The lowest BCUT2D eigenvalue weighted by molar-refractivity contribution is 0.549. The summed E-state index contributed by atoms with van der Waals surface area (Å²) in [7, 11) is 0. The van der Waals surface area contributed by atoms with Crippen LogP contribution < -0.4 is 0 Å². The van der Waals surface area contributed by atoms with Crippen molar-refractivity contribution in [3.63, 3.8) is 0 Å². The molecule has 0 aliphatic heterocycles. The zero-order valence-electron chi connectivity index (χ0n) is 15.0. The molecule has 124 valence electrons. The van der Waals surface area contributed by atoms with E-state index in [0.717, 1.165) is 36.5 Å². The molecule has 0 radical (unpaired) electrons. The molecule has 4 nitrogen and oxygen atoms in total. The summed E-state index contributed by atoms with van der Waals surface area (Å²) in [4.78, 5) is 9.18. The summed E-state index contributed by atoms with van der Waals surface area (Å²) in [5.74, 6) is 2.26. The summed E-state index contributed by atoms with van der Waals surface area (Å²) in [6, 6.07) is 4.19. The van der Waals surface area contributed by atoms with Crippen LogP contribution in [0, 0.1) is 0 Å². The van der Waals surface area contributed by atoms with Gasteiger partial charge in [-0.25, -0.2) is 9.97 Å². The average molecular weight is 312 g/mol. The fourth-order valence-electron chi connectivity index (χ4n) is 2.61. The molecule has 4 heteroatoms. The maximum Gasteiger partial charge on any atom is 0.131 e. The molecule has 2 heterocycles. The van der Waals surface area contributed by atoms with Gasteiger partial charge in [-0.1, -0.05) is 34.6 Å². The van der Waals surface area contributed by atoms with E-state index in [0.29, 0.717) is 17.8 Å². The Labute approximate surface area is 139 Å². The van der Waals surface area contributed by atoms with Crippen molar-refractivity contribution in [1.29, 1.82) is 0 Å². The van der Waals surface area contributed by atoms with E-state index in [2.05, 4.69) is 55.9 Å². The third kappa shape index (κ3) is 4.81. The van der Waals surface area contributed by atoms with E-state index in [1.165, 1.54) is 5.56 Å². The smallest absolute Gasteiger partial charge is 0.131 e. The van der Waals surface area contributed by atoms with Crippen LogP contribution in [0.5, 0.6) is 0 Å².